The lowest BCUT2D eigenvalue weighted by atomic mass is 10.2. The van der Waals surface area contributed by atoms with Crippen molar-refractivity contribution >= 4 is 45.9 Å². The molecule has 0 atom stereocenters. The summed E-state index contributed by atoms with van der Waals surface area (Å²) < 4.78 is 25.6. The second-order valence-electron chi connectivity index (χ2n) is 7.06. The van der Waals surface area contributed by atoms with Gasteiger partial charge in [0, 0.05) is 11.8 Å². The van der Waals surface area contributed by atoms with E-state index in [1.54, 1.807) is 42.5 Å². The zero-order chi connectivity index (χ0) is 22.9. The van der Waals surface area contributed by atoms with Crippen LogP contribution in [0.1, 0.15) is 0 Å². The predicted molar refractivity (Wildman–Crippen MR) is 124 cm³/mol. The van der Waals surface area contributed by atoms with E-state index < -0.39 is 5.82 Å². The first-order valence-electron chi connectivity index (χ1n) is 9.79. The number of benzene rings is 3. The van der Waals surface area contributed by atoms with Crippen molar-refractivity contribution < 1.29 is 18.7 Å². The molecule has 10 heteroatoms. The molecule has 1 amide bonds. The third kappa shape index (κ3) is 4.24. The number of thioether (sulfide) groups is 1. The van der Waals surface area contributed by atoms with Gasteiger partial charge in [0.1, 0.15) is 5.82 Å². The van der Waals surface area contributed by atoms with E-state index in [0.29, 0.717) is 33.8 Å². The van der Waals surface area contributed by atoms with E-state index in [1.165, 1.54) is 22.8 Å². The van der Waals surface area contributed by atoms with Gasteiger partial charge in [-0.3, -0.25) is 14.2 Å². The molecule has 166 valence electrons. The number of nitrogens with one attached hydrogen (secondary N) is 1. The van der Waals surface area contributed by atoms with E-state index in [4.69, 9.17) is 21.1 Å². The Hall–Kier alpha value is -3.56. The molecule has 1 aromatic heterocycles. The van der Waals surface area contributed by atoms with Crippen LogP contribution in [0.25, 0.3) is 16.6 Å². The Morgan fingerprint density at radius 2 is 1.94 bits per heavy atom. The summed E-state index contributed by atoms with van der Waals surface area (Å²) >= 11 is 7.02. The van der Waals surface area contributed by atoms with Crippen molar-refractivity contribution in [3.8, 4) is 17.2 Å². The molecule has 0 radical (unpaired) electrons. The van der Waals surface area contributed by atoms with Gasteiger partial charge in [-0.25, -0.2) is 9.37 Å². The molecule has 0 saturated carbocycles. The topological polar surface area (TPSA) is 82.5 Å². The maximum Gasteiger partial charge on any atom is 0.266 e. The van der Waals surface area contributed by atoms with Gasteiger partial charge in [-0.05, 0) is 42.5 Å². The molecule has 5 rings (SSSR count). The van der Waals surface area contributed by atoms with Crippen molar-refractivity contribution in [2.75, 3.05) is 17.9 Å². The number of carbonyl (C=O) groups is 1. The molecule has 3 aromatic carbocycles. The summed E-state index contributed by atoms with van der Waals surface area (Å²) in [5, 5.41) is 3.34. The number of para-hydroxylation sites is 1. The predicted octanol–water partition coefficient (Wildman–Crippen LogP) is 4.64. The minimum Gasteiger partial charge on any atom is -0.454 e. The molecule has 7 nitrogen and oxygen atoms in total. The highest BCUT2D eigenvalue weighted by Crippen LogP contribution is 2.34. The van der Waals surface area contributed by atoms with Crippen molar-refractivity contribution in [3.63, 3.8) is 0 Å². The number of halogens is 2. The largest absolute Gasteiger partial charge is 0.454 e. The van der Waals surface area contributed by atoms with E-state index in [1.807, 2.05) is 0 Å². The highest BCUT2D eigenvalue weighted by molar-refractivity contribution is 7.99. The van der Waals surface area contributed by atoms with Crippen LogP contribution in [-0.4, -0.2) is 28.0 Å². The first-order chi connectivity index (χ1) is 16.0. The van der Waals surface area contributed by atoms with Crippen molar-refractivity contribution in [1.82, 2.24) is 9.55 Å². The standard InChI is InChI=1S/C23H15ClFN3O4S/c24-16-10-14(6-7-17(16)25)28-22(30)15-3-1-2-4-18(15)27-23(28)33-11-21(29)26-13-5-8-19-20(9-13)32-12-31-19/h1-10H,11-12H2,(H,26,29). The lowest BCUT2D eigenvalue weighted by Crippen LogP contribution is -2.23. The van der Waals surface area contributed by atoms with Gasteiger partial charge < -0.3 is 14.8 Å². The van der Waals surface area contributed by atoms with E-state index in [0.717, 1.165) is 11.8 Å². The van der Waals surface area contributed by atoms with Crippen LogP contribution >= 0.6 is 23.4 Å². The fourth-order valence-corrected chi connectivity index (χ4v) is 4.35. The first kappa shape index (κ1) is 21.3. The smallest absolute Gasteiger partial charge is 0.266 e. The van der Waals surface area contributed by atoms with Crippen LogP contribution in [-0.2, 0) is 4.79 Å². The minimum atomic E-state index is -0.598. The number of amides is 1. The fraction of sp³-hybridized carbons (Fsp3) is 0.0870. The van der Waals surface area contributed by atoms with E-state index >= 15 is 0 Å². The zero-order valence-corrected chi connectivity index (χ0v) is 18.5. The van der Waals surface area contributed by atoms with Gasteiger partial charge in [-0.2, -0.15) is 0 Å². The Morgan fingerprint density at radius 3 is 2.79 bits per heavy atom. The van der Waals surface area contributed by atoms with Crippen LogP contribution < -0.4 is 20.3 Å². The van der Waals surface area contributed by atoms with Crippen molar-refractivity contribution in [2.45, 2.75) is 5.16 Å². The lowest BCUT2D eigenvalue weighted by Gasteiger charge is -2.14. The molecule has 0 spiro atoms. The highest BCUT2D eigenvalue weighted by Gasteiger charge is 2.17. The number of hydrogen-bond donors (Lipinski definition) is 1. The van der Waals surface area contributed by atoms with Gasteiger partial charge in [0.25, 0.3) is 5.56 Å². The molecule has 0 bridgehead atoms. The van der Waals surface area contributed by atoms with Crippen LogP contribution in [0, 0.1) is 5.82 Å². The molecule has 0 fully saturated rings. The zero-order valence-electron chi connectivity index (χ0n) is 16.9. The van der Waals surface area contributed by atoms with Crippen LogP contribution in [0.15, 0.2) is 70.6 Å². The summed E-state index contributed by atoms with van der Waals surface area (Å²) in [5.74, 6) is 0.251. The molecule has 0 aliphatic carbocycles. The Balaban J connectivity index is 1.45. The molecule has 0 saturated heterocycles. The molecule has 0 unspecified atom stereocenters. The number of fused-ring (bicyclic) bond motifs is 2. The lowest BCUT2D eigenvalue weighted by molar-refractivity contribution is -0.113. The molecule has 33 heavy (non-hydrogen) atoms. The Bertz CT molecular complexity index is 1460. The third-order valence-electron chi connectivity index (χ3n) is 4.90. The second-order valence-corrected chi connectivity index (χ2v) is 8.41. The molecule has 4 aromatic rings. The molecule has 1 N–H and O–H groups in total. The summed E-state index contributed by atoms with van der Waals surface area (Å²) in [6.45, 7) is 0.140. The molecule has 1 aliphatic heterocycles. The molecular formula is C23H15ClFN3O4S. The molecule has 2 heterocycles. The first-order valence-corrected chi connectivity index (χ1v) is 11.2. The maximum atomic E-state index is 13.7. The second kappa shape index (κ2) is 8.76. The van der Waals surface area contributed by atoms with Crippen LogP contribution in [0.5, 0.6) is 11.5 Å². The molecule has 1 aliphatic rings. The van der Waals surface area contributed by atoms with Crippen LogP contribution in [0.4, 0.5) is 10.1 Å². The minimum absolute atomic E-state index is 0.0197. The number of hydrogen-bond acceptors (Lipinski definition) is 6. The van der Waals surface area contributed by atoms with Crippen molar-refractivity contribution in [3.05, 3.63) is 81.9 Å². The van der Waals surface area contributed by atoms with Crippen molar-refractivity contribution in [2.24, 2.45) is 0 Å². The number of ether oxygens (including phenoxy) is 2. The quantitative estimate of drug-likeness (QED) is 0.329. The number of anilines is 1. The van der Waals surface area contributed by atoms with Crippen LogP contribution in [0.3, 0.4) is 0 Å². The Labute approximate surface area is 196 Å². The van der Waals surface area contributed by atoms with E-state index in [-0.39, 0.29) is 34.2 Å². The summed E-state index contributed by atoms with van der Waals surface area (Å²) in [4.78, 5) is 30.4. The SMILES string of the molecule is O=C(CSc1nc2ccccc2c(=O)n1-c1ccc(F)c(Cl)c1)Nc1ccc2c(c1)OCO2. The van der Waals surface area contributed by atoms with Gasteiger partial charge in [-0.15, -0.1) is 0 Å². The third-order valence-corrected chi connectivity index (χ3v) is 6.12. The maximum absolute atomic E-state index is 13.7. The van der Waals surface area contributed by atoms with E-state index in [9.17, 15) is 14.0 Å². The van der Waals surface area contributed by atoms with Gasteiger partial charge in [0.05, 0.1) is 27.4 Å². The Morgan fingerprint density at radius 1 is 1.12 bits per heavy atom. The van der Waals surface area contributed by atoms with Gasteiger partial charge >= 0.3 is 0 Å². The van der Waals surface area contributed by atoms with Gasteiger partial charge in [-0.1, -0.05) is 35.5 Å². The Kier molecular flexibility index (Phi) is 5.65. The number of carbonyl (C=O) groups excluding carboxylic acids is 1. The summed E-state index contributed by atoms with van der Waals surface area (Å²) in [6, 6.07) is 16.0. The average Bonchev–Trinajstić information content (AvgIpc) is 3.28. The van der Waals surface area contributed by atoms with Gasteiger partial charge in [0.2, 0.25) is 12.7 Å². The van der Waals surface area contributed by atoms with Gasteiger partial charge in [0.15, 0.2) is 16.7 Å². The number of rotatable bonds is 5. The average molecular weight is 484 g/mol. The number of aromatic nitrogens is 2. The highest BCUT2D eigenvalue weighted by atomic mass is 35.5. The summed E-state index contributed by atoms with van der Waals surface area (Å²) in [6.07, 6.45) is 0. The number of nitrogens with zero attached hydrogens (tertiary/aromatic N) is 2. The molecular weight excluding hydrogens is 469 g/mol. The van der Waals surface area contributed by atoms with E-state index in [2.05, 4.69) is 10.3 Å². The summed E-state index contributed by atoms with van der Waals surface area (Å²) in [7, 11) is 0. The monoisotopic (exact) mass is 483 g/mol. The summed E-state index contributed by atoms with van der Waals surface area (Å²) in [5.41, 5.74) is 1.05. The fourth-order valence-electron chi connectivity index (χ4n) is 3.36. The van der Waals surface area contributed by atoms with Crippen molar-refractivity contribution in [1.29, 1.82) is 0 Å². The van der Waals surface area contributed by atoms with Crippen LogP contribution in [0.2, 0.25) is 5.02 Å². The normalized spacial score (nSPS) is 12.2.